The maximum Gasteiger partial charge on any atom is 0.127 e. The number of nitrogen functional groups attached to an aromatic ring is 1. The summed E-state index contributed by atoms with van der Waals surface area (Å²) in [4.78, 5) is 0. The van der Waals surface area contributed by atoms with E-state index in [0.717, 1.165) is 22.4 Å². The topological polar surface area (TPSA) is 35.2 Å². The lowest BCUT2D eigenvalue weighted by Crippen LogP contribution is -1.97. The minimum atomic E-state index is 0.527. The van der Waals surface area contributed by atoms with Gasteiger partial charge < -0.3 is 10.5 Å². The monoisotopic (exact) mass is 249 g/mol. The zero-order valence-electron chi connectivity index (χ0n) is 10.5. The molecule has 0 saturated carbocycles. The summed E-state index contributed by atoms with van der Waals surface area (Å²) < 4.78 is 5.90. The van der Waals surface area contributed by atoms with E-state index in [-0.39, 0.29) is 0 Å². The first-order valence-corrected chi connectivity index (χ1v) is 6.28. The summed E-state index contributed by atoms with van der Waals surface area (Å²) in [6.45, 7) is 0.527. The standard InChI is InChI=1S/C17H15NO/c18-15-8-3-5-13(11-15)12-19-17-10-4-7-14-6-1-2-9-16(14)17/h1-11H,12,18H2. The van der Waals surface area contributed by atoms with Crippen molar-refractivity contribution in [1.29, 1.82) is 0 Å². The third-order valence-corrected chi connectivity index (χ3v) is 3.10. The third kappa shape index (κ3) is 2.52. The van der Waals surface area contributed by atoms with Gasteiger partial charge in [0.2, 0.25) is 0 Å². The lowest BCUT2D eigenvalue weighted by Gasteiger charge is -2.09. The van der Waals surface area contributed by atoms with Crippen LogP contribution in [-0.4, -0.2) is 0 Å². The van der Waals surface area contributed by atoms with Gasteiger partial charge in [0.25, 0.3) is 0 Å². The number of nitrogens with two attached hydrogens (primary N) is 1. The Kier molecular flexibility index (Phi) is 3.07. The third-order valence-electron chi connectivity index (χ3n) is 3.10. The van der Waals surface area contributed by atoms with E-state index in [4.69, 9.17) is 10.5 Å². The average molecular weight is 249 g/mol. The molecule has 0 atom stereocenters. The predicted octanol–water partition coefficient (Wildman–Crippen LogP) is 4.00. The van der Waals surface area contributed by atoms with Gasteiger partial charge in [-0.05, 0) is 29.1 Å². The smallest absolute Gasteiger partial charge is 0.127 e. The van der Waals surface area contributed by atoms with Gasteiger partial charge in [-0.2, -0.15) is 0 Å². The largest absolute Gasteiger partial charge is 0.488 e. The van der Waals surface area contributed by atoms with Crippen LogP contribution in [0.1, 0.15) is 5.56 Å². The van der Waals surface area contributed by atoms with Crippen LogP contribution in [0.5, 0.6) is 5.75 Å². The molecule has 0 heterocycles. The summed E-state index contributed by atoms with van der Waals surface area (Å²) >= 11 is 0. The highest BCUT2D eigenvalue weighted by Gasteiger charge is 2.01. The van der Waals surface area contributed by atoms with Gasteiger partial charge in [0.1, 0.15) is 12.4 Å². The van der Waals surface area contributed by atoms with E-state index >= 15 is 0 Å². The maximum absolute atomic E-state index is 5.90. The zero-order chi connectivity index (χ0) is 13.1. The van der Waals surface area contributed by atoms with Crippen molar-refractivity contribution in [1.82, 2.24) is 0 Å². The molecule has 2 heteroatoms. The fraction of sp³-hybridized carbons (Fsp3) is 0.0588. The van der Waals surface area contributed by atoms with Gasteiger partial charge in [-0.15, -0.1) is 0 Å². The molecule has 0 bridgehead atoms. The van der Waals surface area contributed by atoms with Crippen LogP contribution in [0.3, 0.4) is 0 Å². The molecule has 0 spiro atoms. The Labute approximate surface area is 112 Å². The molecule has 3 aromatic rings. The lowest BCUT2D eigenvalue weighted by atomic mass is 10.1. The second-order valence-corrected chi connectivity index (χ2v) is 4.51. The minimum absolute atomic E-state index is 0.527. The van der Waals surface area contributed by atoms with Gasteiger partial charge in [0, 0.05) is 11.1 Å². The van der Waals surface area contributed by atoms with Crippen molar-refractivity contribution in [2.45, 2.75) is 6.61 Å². The van der Waals surface area contributed by atoms with E-state index < -0.39 is 0 Å². The molecule has 3 rings (SSSR count). The molecule has 0 radical (unpaired) electrons. The van der Waals surface area contributed by atoms with Crippen LogP contribution >= 0.6 is 0 Å². The van der Waals surface area contributed by atoms with Crippen LogP contribution in [0.4, 0.5) is 5.69 Å². The maximum atomic E-state index is 5.90. The summed E-state index contributed by atoms with van der Waals surface area (Å²) in [7, 11) is 0. The first-order chi connectivity index (χ1) is 9.33. The summed E-state index contributed by atoms with van der Waals surface area (Å²) in [6.07, 6.45) is 0. The molecule has 0 aromatic heterocycles. The van der Waals surface area contributed by atoms with Crippen LogP contribution in [0.25, 0.3) is 10.8 Å². The molecule has 0 aliphatic carbocycles. The van der Waals surface area contributed by atoms with Crippen molar-refractivity contribution >= 4 is 16.5 Å². The Hall–Kier alpha value is -2.48. The molecule has 0 amide bonds. The minimum Gasteiger partial charge on any atom is -0.488 e. The second-order valence-electron chi connectivity index (χ2n) is 4.51. The molecule has 94 valence electrons. The van der Waals surface area contributed by atoms with Gasteiger partial charge >= 0.3 is 0 Å². The van der Waals surface area contributed by atoms with Crippen molar-refractivity contribution in [3.63, 3.8) is 0 Å². The molecule has 19 heavy (non-hydrogen) atoms. The zero-order valence-corrected chi connectivity index (χ0v) is 10.5. The van der Waals surface area contributed by atoms with Crippen molar-refractivity contribution < 1.29 is 4.74 Å². The first-order valence-electron chi connectivity index (χ1n) is 6.28. The van der Waals surface area contributed by atoms with Crippen molar-refractivity contribution in [3.8, 4) is 5.75 Å². The molecule has 2 nitrogen and oxygen atoms in total. The highest BCUT2D eigenvalue weighted by molar-refractivity contribution is 5.88. The van der Waals surface area contributed by atoms with Gasteiger partial charge in [-0.25, -0.2) is 0 Å². The molecule has 0 unspecified atom stereocenters. The Morgan fingerprint density at radius 1 is 0.842 bits per heavy atom. The normalized spacial score (nSPS) is 10.5. The average Bonchev–Trinajstić information content (AvgIpc) is 2.45. The SMILES string of the molecule is Nc1cccc(COc2cccc3ccccc23)c1. The van der Waals surface area contributed by atoms with Crippen LogP contribution in [0.2, 0.25) is 0 Å². The molecule has 2 N–H and O–H groups in total. The molecule has 0 fully saturated rings. The fourth-order valence-electron chi connectivity index (χ4n) is 2.17. The van der Waals surface area contributed by atoms with Gasteiger partial charge in [0.05, 0.1) is 0 Å². The van der Waals surface area contributed by atoms with Gasteiger partial charge in [-0.1, -0.05) is 48.5 Å². The molecule has 3 aromatic carbocycles. The van der Waals surface area contributed by atoms with E-state index in [9.17, 15) is 0 Å². The van der Waals surface area contributed by atoms with E-state index in [1.165, 1.54) is 5.39 Å². The van der Waals surface area contributed by atoms with E-state index in [0.29, 0.717) is 6.61 Å². The summed E-state index contributed by atoms with van der Waals surface area (Å²) in [5.74, 6) is 0.903. The number of hydrogen-bond acceptors (Lipinski definition) is 2. The summed E-state index contributed by atoms with van der Waals surface area (Å²) in [5.41, 5.74) is 7.60. The predicted molar refractivity (Wildman–Crippen MR) is 79.1 cm³/mol. The highest BCUT2D eigenvalue weighted by atomic mass is 16.5. The van der Waals surface area contributed by atoms with Gasteiger partial charge in [-0.3, -0.25) is 0 Å². The Morgan fingerprint density at radius 3 is 2.53 bits per heavy atom. The van der Waals surface area contributed by atoms with E-state index in [1.807, 2.05) is 48.5 Å². The number of anilines is 1. The highest BCUT2D eigenvalue weighted by Crippen LogP contribution is 2.26. The number of ether oxygens (including phenoxy) is 1. The van der Waals surface area contributed by atoms with Gasteiger partial charge in [0.15, 0.2) is 0 Å². The molecule has 0 aliphatic heterocycles. The number of rotatable bonds is 3. The van der Waals surface area contributed by atoms with E-state index in [2.05, 4.69) is 18.2 Å². The van der Waals surface area contributed by atoms with Crippen molar-refractivity contribution in [3.05, 3.63) is 72.3 Å². The van der Waals surface area contributed by atoms with E-state index in [1.54, 1.807) is 0 Å². The quantitative estimate of drug-likeness (QED) is 0.712. The molecular formula is C17H15NO. The van der Waals surface area contributed by atoms with Crippen LogP contribution in [-0.2, 0) is 6.61 Å². The Morgan fingerprint density at radius 2 is 1.63 bits per heavy atom. The van der Waals surface area contributed by atoms with Crippen LogP contribution < -0.4 is 10.5 Å². The summed E-state index contributed by atoms with van der Waals surface area (Å²) in [5, 5.41) is 2.32. The van der Waals surface area contributed by atoms with Crippen LogP contribution in [0, 0.1) is 0 Å². The number of benzene rings is 3. The summed E-state index contributed by atoms with van der Waals surface area (Å²) in [6, 6.07) is 22.1. The second kappa shape index (κ2) is 5.02. The molecule has 0 saturated heterocycles. The van der Waals surface area contributed by atoms with Crippen molar-refractivity contribution in [2.24, 2.45) is 0 Å². The number of hydrogen-bond donors (Lipinski definition) is 1. The molecular weight excluding hydrogens is 234 g/mol. The fourth-order valence-corrected chi connectivity index (χ4v) is 2.17. The lowest BCUT2D eigenvalue weighted by molar-refractivity contribution is 0.310. The van der Waals surface area contributed by atoms with Crippen LogP contribution in [0.15, 0.2) is 66.7 Å². The first kappa shape index (κ1) is 11.6. The number of fused-ring (bicyclic) bond motifs is 1. The Bertz CT molecular complexity index is 701. The molecule has 0 aliphatic rings. The Balaban J connectivity index is 1.86. The van der Waals surface area contributed by atoms with Crippen molar-refractivity contribution in [2.75, 3.05) is 5.73 Å².